The number of hydrogen-bond acceptors (Lipinski definition) is 0. The molecule has 104 valence electrons. The van der Waals surface area contributed by atoms with Gasteiger partial charge >= 0.3 is 0 Å². The van der Waals surface area contributed by atoms with Crippen LogP contribution < -0.4 is 10.6 Å². The van der Waals surface area contributed by atoms with Crippen LogP contribution in [0, 0.1) is 0 Å². The minimum Gasteiger partial charge on any atom is -0.0616 e. The van der Waals surface area contributed by atoms with Crippen LogP contribution in [0.1, 0.15) is 0 Å². The van der Waals surface area contributed by atoms with Crippen molar-refractivity contribution in [3.63, 3.8) is 0 Å². The van der Waals surface area contributed by atoms with Crippen LogP contribution in [0.4, 0.5) is 0 Å². The van der Waals surface area contributed by atoms with Gasteiger partial charge in [0, 0.05) is 0 Å². The molecule has 0 spiro atoms. The second-order valence-corrected chi connectivity index (χ2v) is 7.76. The molecule has 0 aromatic heterocycles. The summed E-state index contributed by atoms with van der Waals surface area (Å²) in [5, 5.41) is 8.15. The number of rotatable bonds is 3. The molecule has 0 aliphatic rings. The van der Waals surface area contributed by atoms with Crippen LogP contribution in [-0.4, -0.2) is 0 Å². The number of benzene rings is 4. The Morgan fingerprint density at radius 1 is 0.409 bits per heavy atom. The molecule has 2 radical (unpaired) electrons. The average Bonchev–Trinajstić information content (AvgIpc) is 2.60. The Balaban J connectivity index is 1.69. The molecular formula is C20H14P2. The van der Waals surface area contributed by atoms with E-state index in [-0.39, 0.29) is 0 Å². The Morgan fingerprint density at radius 2 is 0.818 bits per heavy atom. The van der Waals surface area contributed by atoms with E-state index >= 15 is 0 Å². The normalized spacial score (nSPS) is 12.2. The van der Waals surface area contributed by atoms with Crippen molar-refractivity contribution in [3.05, 3.63) is 84.9 Å². The van der Waals surface area contributed by atoms with E-state index in [9.17, 15) is 0 Å². The van der Waals surface area contributed by atoms with E-state index in [0.29, 0.717) is 0 Å². The fraction of sp³-hybridized carbons (Fsp3) is 0. The maximum atomic E-state index is 2.24. The van der Waals surface area contributed by atoms with Crippen molar-refractivity contribution in [2.24, 2.45) is 0 Å². The highest BCUT2D eigenvalue weighted by molar-refractivity contribution is 8.18. The smallest absolute Gasteiger partial charge is 0.00495 e. The summed E-state index contributed by atoms with van der Waals surface area (Å²) in [4.78, 5) is 0. The zero-order valence-corrected chi connectivity index (χ0v) is 13.8. The second-order valence-electron chi connectivity index (χ2n) is 5.20. The summed E-state index contributed by atoms with van der Waals surface area (Å²) < 4.78 is 0. The van der Waals surface area contributed by atoms with Crippen LogP contribution in [0.3, 0.4) is 0 Å². The molecule has 0 fully saturated rings. The molecule has 0 saturated carbocycles. The van der Waals surface area contributed by atoms with Crippen molar-refractivity contribution < 1.29 is 0 Å². The topological polar surface area (TPSA) is 0 Å². The standard InChI is InChI=1S/C20H14P2/c1-3-11-17-15(7-1)9-5-13-19(17)21-22-20-14-6-10-16-8-2-4-12-18(16)20/h1-14H. The molecule has 0 heterocycles. The highest BCUT2D eigenvalue weighted by Crippen LogP contribution is 2.38. The molecule has 4 aromatic carbocycles. The van der Waals surface area contributed by atoms with E-state index in [1.807, 2.05) is 0 Å². The van der Waals surface area contributed by atoms with E-state index < -0.39 is 0 Å². The number of hydrogen-bond donors (Lipinski definition) is 0. The minimum absolute atomic E-state index is 1.32. The summed E-state index contributed by atoms with van der Waals surface area (Å²) in [6.45, 7) is 0. The SMILES string of the molecule is c1ccc2c([P][P]c3cccc4ccccc34)cccc2c1. The Kier molecular flexibility index (Phi) is 3.90. The van der Waals surface area contributed by atoms with Crippen molar-refractivity contribution in [1.82, 2.24) is 0 Å². The predicted octanol–water partition coefficient (Wildman–Crippen LogP) is 5.75. The Bertz CT molecular complexity index is 854. The fourth-order valence-electron chi connectivity index (χ4n) is 2.70. The molecule has 0 nitrogen and oxygen atoms in total. The first-order valence-corrected chi connectivity index (χ1v) is 9.78. The Morgan fingerprint density at radius 3 is 1.32 bits per heavy atom. The molecule has 0 amide bonds. The maximum absolute atomic E-state index is 2.24. The van der Waals surface area contributed by atoms with Gasteiger partial charge in [-0.25, -0.2) is 0 Å². The molecule has 4 rings (SSSR count). The Labute approximate surface area is 134 Å². The lowest BCUT2D eigenvalue weighted by Crippen LogP contribution is -1.98. The lowest BCUT2D eigenvalue weighted by atomic mass is 10.1. The van der Waals surface area contributed by atoms with Gasteiger partial charge in [0.05, 0.1) is 0 Å². The largest absolute Gasteiger partial charge is 0.0616 e. The molecule has 4 aromatic rings. The quantitative estimate of drug-likeness (QED) is 0.422. The molecule has 0 unspecified atom stereocenters. The summed E-state index contributed by atoms with van der Waals surface area (Å²) in [5.41, 5.74) is 0. The molecule has 0 N–H and O–H groups in total. The molecule has 22 heavy (non-hydrogen) atoms. The zero-order chi connectivity index (χ0) is 14.8. The first-order valence-electron chi connectivity index (χ1n) is 7.29. The van der Waals surface area contributed by atoms with Gasteiger partial charge in [-0.15, -0.1) is 0 Å². The van der Waals surface area contributed by atoms with Crippen LogP contribution in [0.5, 0.6) is 0 Å². The van der Waals surface area contributed by atoms with E-state index in [2.05, 4.69) is 84.9 Å². The highest BCUT2D eigenvalue weighted by atomic mass is 32.0. The van der Waals surface area contributed by atoms with E-state index in [0.717, 1.165) is 0 Å². The van der Waals surface area contributed by atoms with E-state index in [4.69, 9.17) is 0 Å². The van der Waals surface area contributed by atoms with Crippen molar-refractivity contribution in [2.45, 2.75) is 0 Å². The summed E-state index contributed by atoms with van der Waals surface area (Å²) in [6.07, 6.45) is 0. The summed E-state index contributed by atoms with van der Waals surface area (Å²) in [7, 11) is 2.66. The van der Waals surface area contributed by atoms with E-state index in [1.165, 1.54) is 48.7 Å². The van der Waals surface area contributed by atoms with Gasteiger partial charge in [0.2, 0.25) is 0 Å². The first-order chi connectivity index (χ1) is 10.9. The van der Waals surface area contributed by atoms with Gasteiger partial charge in [-0.05, 0) is 48.7 Å². The van der Waals surface area contributed by atoms with Crippen LogP contribution in [0.25, 0.3) is 21.5 Å². The third kappa shape index (κ3) is 2.66. The van der Waals surface area contributed by atoms with Gasteiger partial charge in [-0.2, -0.15) is 0 Å². The van der Waals surface area contributed by atoms with Gasteiger partial charge in [0.15, 0.2) is 0 Å². The summed E-state index contributed by atoms with van der Waals surface area (Å²) >= 11 is 0. The van der Waals surface area contributed by atoms with Gasteiger partial charge in [0.1, 0.15) is 0 Å². The Hall–Kier alpha value is -1.74. The van der Waals surface area contributed by atoms with Gasteiger partial charge < -0.3 is 0 Å². The minimum atomic E-state index is 1.32. The van der Waals surface area contributed by atoms with Gasteiger partial charge in [-0.3, -0.25) is 0 Å². The third-order valence-corrected chi connectivity index (χ3v) is 6.70. The molecule has 0 bridgehead atoms. The monoisotopic (exact) mass is 316 g/mol. The molecular weight excluding hydrogens is 302 g/mol. The van der Waals surface area contributed by atoms with E-state index in [1.54, 1.807) is 0 Å². The molecule has 2 heteroatoms. The number of fused-ring (bicyclic) bond motifs is 2. The average molecular weight is 316 g/mol. The van der Waals surface area contributed by atoms with Crippen LogP contribution >= 0.6 is 16.5 Å². The summed E-state index contributed by atoms with van der Waals surface area (Å²) in [6, 6.07) is 30.4. The maximum Gasteiger partial charge on any atom is -0.00495 e. The second kappa shape index (κ2) is 6.17. The van der Waals surface area contributed by atoms with Crippen molar-refractivity contribution in [2.75, 3.05) is 0 Å². The van der Waals surface area contributed by atoms with Gasteiger partial charge in [0.25, 0.3) is 0 Å². The molecule has 0 atom stereocenters. The van der Waals surface area contributed by atoms with Gasteiger partial charge in [-0.1, -0.05) is 84.9 Å². The van der Waals surface area contributed by atoms with Crippen LogP contribution in [0.2, 0.25) is 0 Å². The fourth-order valence-corrected chi connectivity index (χ4v) is 5.54. The van der Waals surface area contributed by atoms with Crippen LogP contribution in [0.15, 0.2) is 84.9 Å². The lowest BCUT2D eigenvalue weighted by molar-refractivity contribution is 1.78. The first kappa shape index (κ1) is 13.9. The predicted molar refractivity (Wildman–Crippen MR) is 101 cm³/mol. The van der Waals surface area contributed by atoms with Crippen molar-refractivity contribution in [3.8, 4) is 0 Å². The zero-order valence-electron chi connectivity index (χ0n) is 12.0. The van der Waals surface area contributed by atoms with Crippen molar-refractivity contribution >= 4 is 48.7 Å². The third-order valence-electron chi connectivity index (χ3n) is 3.80. The summed E-state index contributed by atoms with van der Waals surface area (Å²) in [5.74, 6) is 0. The molecule has 0 aliphatic carbocycles. The highest BCUT2D eigenvalue weighted by Gasteiger charge is 2.05. The lowest BCUT2D eigenvalue weighted by Gasteiger charge is -2.07. The van der Waals surface area contributed by atoms with Crippen molar-refractivity contribution in [1.29, 1.82) is 0 Å². The molecule has 0 aliphatic heterocycles. The van der Waals surface area contributed by atoms with Crippen LogP contribution in [-0.2, 0) is 0 Å². The molecule has 0 saturated heterocycles.